The molecule has 12 heteroatoms. The van der Waals surface area contributed by atoms with Gasteiger partial charge < -0.3 is 23.8 Å². The van der Waals surface area contributed by atoms with Gasteiger partial charge in [0.25, 0.3) is 15.9 Å². The predicted octanol–water partition coefficient (Wildman–Crippen LogP) is 7.09. The fraction of sp³-hybridized carbons (Fsp3) is 0.512. The highest BCUT2D eigenvalue weighted by Crippen LogP contribution is 2.49. The Morgan fingerprint density at radius 3 is 2.36 bits per heavy atom. The van der Waals surface area contributed by atoms with Crippen LogP contribution in [-0.2, 0) is 45.7 Å². The van der Waals surface area contributed by atoms with E-state index in [4.69, 9.17) is 30.5 Å². The van der Waals surface area contributed by atoms with E-state index in [-0.39, 0.29) is 29.9 Å². The van der Waals surface area contributed by atoms with Gasteiger partial charge in [0.1, 0.15) is 17.0 Å². The van der Waals surface area contributed by atoms with Crippen LogP contribution in [-0.4, -0.2) is 70.0 Å². The summed E-state index contributed by atoms with van der Waals surface area (Å²) in [6.07, 6.45) is 9.15. The Morgan fingerprint density at radius 1 is 1.02 bits per heavy atom. The lowest BCUT2D eigenvalue weighted by Gasteiger charge is -2.49. The molecule has 0 radical (unpaired) electrons. The zero-order chi connectivity index (χ0) is 38.8. The zero-order valence-electron chi connectivity index (χ0n) is 31.5. The van der Waals surface area contributed by atoms with E-state index in [2.05, 4.69) is 35.4 Å². The number of amides is 1. The molecular formula is C41H53ClN2O8S. The van der Waals surface area contributed by atoms with Crippen molar-refractivity contribution in [2.75, 3.05) is 37.8 Å². The second-order valence-electron chi connectivity index (χ2n) is 15.6. The normalized spacial score (nSPS) is 22.5. The predicted molar refractivity (Wildman–Crippen MR) is 207 cm³/mol. The quantitative estimate of drug-likeness (QED) is 0.150. The number of hydrogen-bond acceptors (Lipinski definition) is 9. The molecule has 1 heterocycles. The molecule has 1 amide bonds. The zero-order valence-corrected chi connectivity index (χ0v) is 33.1. The number of anilines is 1. The van der Waals surface area contributed by atoms with Gasteiger partial charge in [-0.25, -0.2) is 17.9 Å². The Bertz CT molecular complexity index is 1860. The summed E-state index contributed by atoms with van der Waals surface area (Å²) in [6, 6.07) is 10.7. The van der Waals surface area contributed by atoms with E-state index in [1.807, 2.05) is 19.1 Å². The Labute approximate surface area is 319 Å². The van der Waals surface area contributed by atoms with Gasteiger partial charge in [0.05, 0.1) is 30.4 Å². The molecule has 4 atom stereocenters. The molecule has 10 nitrogen and oxygen atoms in total. The van der Waals surface area contributed by atoms with Crippen LogP contribution in [0.2, 0.25) is 5.02 Å². The molecule has 288 valence electrons. The first-order valence-electron chi connectivity index (χ1n) is 18.1. The number of benzene rings is 2. The molecule has 3 aliphatic rings. The van der Waals surface area contributed by atoms with E-state index >= 15 is 0 Å². The van der Waals surface area contributed by atoms with Gasteiger partial charge in [-0.3, -0.25) is 4.79 Å². The van der Waals surface area contributed by atoms with Gasteiger partial charge in [0, 0.05) is 29.4 Å². The van der Waals surface area contributed by atoms with Gasteiger partial charge in [0.2, 0.25) is 0 Å². The average Bonchev–Trinajstić information content (AvgIpc) is 3.24. The van der Waals surface area contributed by atoms with E-state index in [0.717, 1.165) is 32.1 Å². The van der Waals surface area contributed by atoms with Crippen molar-refractivity contribution in [3.8, 4) is 5.75 Å². The number of nitrogens with zero attached hydrogens (tertiary/aromatic N) is 1. The summed E-state index contributed by atoms with van der Waals surface area (Å²) in [7, 11) is -4.31. The highest BCUT2D eigenvalue weighted by Gasteiger charge is 2.50. The molecule has 0 saturated heterocycles. The smallest absolute Gasteiger partial charge is 0.338 e. The van der Waals surface area contributed by atoms with Crippen LogP contribution in [0.15, 0.2) is 79.3 Å². The molecule has 0 bridgehead atoms. The number of esters is 1. The van der Waals surface area contributed by atoms with E-state index in [9.17, 15) is 18.0 Å². The van der Waals surface area contributed by atoms with E-state index in [1.165, 1.54) is 37.1 Å². The maximum absolute atomic E-state index is 13.7. The topological polar surface area (TPSA) is 120 Å². The van der Waals surface area contributed by atoms with Gasteiger partial charge in [-0.05, 0) is 120 Å². The van der Waals surface area contributed by atoms with Crippen LogP contribution in [0, 0.1) is 11.8 Å². The lowest BCUT2D eigenvalue weighted by Crippen LogP contribution is -2.54. The second-order valence-corrected chi connectivity index (χ2v) is 17.7. The molecule has 1 aliphatic heterocycles. The Kier molecular flexibility index (Phi) is 11.9. The van der Waals surface area contributed by atoms with Crippen molar-refractivity contribution in [2.45, 2.75) is 93.8 Å². The molecule has 5 rings (SSSR count). The van der Waals surface area contributed by atoms with Crippen molar-refractivity contribution in [3.63, 3.8) is 0 Å². The standard InChI is InChI=1S/C41H53ClN2O8S/c1-9-21-50-38(4,5)36(45)43-53(47,48)31-16-19-35-34(24-31)44(26-41(27-49-35)20-12-13-28-23-30(42)15-18-33(28)41)25-29-14-17-32(29)40(8,11-3)52-37(46)39(6,7)51-22-10-2/h9-11,15-16,18-19,23-24,29,32H,1-3,12-14,17,20-22,25-27H2,4-8H3,(H,43,45)/t29-,32+,40-,41-/m0/s1. The van der Waals surface area contributed by atoms with Crippen LogP contribution in [0.3, 0.4) is 0 Å². The summed E-state index contributed by atoms with van der Waals surface area (Å²) in [5.41, 5.74) is -1.04. The van der Waals surface area contributed by atoms with Crippen molar-refractivity contribution in [3.05, 3.63) is 90.5 Å². The van der Waals surface area contributed by atoms with Crippen LogP contribution >= 0.6 is 11.6 Å². The number of fused-ring (bicyclic) bond motifs is 3. The molecule has 2 aromatic rings. The lowest BCUT2D eigenvalue weighted by atomic mass is 9.64. The maximum Gasteiger partial charge on any atom is 0.338 e. The van der Waals surface area contributed by atoms with E-state index in [0.29, 0.717) is 36.2 Å². The van der Waals surface area contributed by atoms with Gasteiger partial charge in [-0.2, -0.15) is 0 Å². The van der Waals surface area contributed by atoms with Gasteiger partial charge in [-0.1, -0.05) is 36.4 Å². The third-order valence-electron chi connectivity index (χ3n) is 11.0. The van der Waals surface area contributed by atoms with Crippen LogP contribution < -0.4 is 14.4 Å². The first-order valence-corrected chi connectivity index (χ1v) is 20.0. The molecule has 1 N–H and O–H groups in total. The molecule has 1 saturated carbocycles. The fourth-order valence-electron chi connectivity index (χ4n) is 7.64. The Hall–Kier alpha value is -3.64. The number of hydrogen-bond donors (Lipinski definition) is 1. The van der Waals surface area contributed by atoms with Crippen LogP contribution in [0.5, 0.6) is 5.75 Å². The molecule has 53 heavy (non-hydrogen) atoms. The minimum Gasteiger partial charge on any atom is -0.490 e. The fourth-order valence-corrected chi connectivity index (χ4v) is 8.96. The molecule has 0 unspecified atom stereocenters. The SMILES string of the molecule is C=CCOC(C)(C)C(=O)NS(=O)(=O)c1ccc2c(c1)N(C[C@@H]1CC[C@H]1[C@](C)(C=C)OC(=O)C(C)(C)OCC=C)C[C@@]1(CCCc3cc(Cl)ccc31)CO2. The summed E-state index contributed by atoms with van der Waals surface area (Å²) in [5.74, 6) is -0.760. The summed E-state index contributed by atoms with van der Waals surface area (Å²) >= 11 is 6.45. The molecule has 2 aromatic carbocycles. The van der Waals surface area contributed by atoms with Gasteiger partial charge in [0.15, 0.2) is 5.60 Å². The number of halogens is 1. The summed E-state index contributed by atoms with van der Waals surface area (Å²) in [4.78, 5) is 28.6. The molecule has 1 spiro atoms. The summed E-state index contributed by atoms with van der Waals surface area (Å²) in [6.45, 7) is 21.3. The highest BCUT2D eigenvalue weighted by atomic mass is 35.5. The molecular weight excluding hydrogens is 716 g/mol. The van der Waals surface area contributed by atoms with Crippen molar-refractivity contribution >= 4 is 39.2 Å². The van der Waals surface area contributed by atoms with Crippen molar-refractivity contribution < 1.29 is 37.0 Å². The van der Waals surface area contributed by atoms with Crippen LogP contribution in [0.25, 0.3) is 0 Å². The summed E-state index contributed by atoms with van der Waals surface area (Å²) in [5, 5.41) is 0.680. The average molecular weight is 769 g/mol. The second kappa shape index (κ2) is 15.6. The maximum atomic E-state index is 13.7. The Balaban J connectivity index is 1.50. The van der Waals surface area contributed by atoms with E-state index in [1.54, 1.807) is 38.1 Å². The number of rotatable bonds is 15. The third-order valence-corrected chi connectivity index (χ3v) is 12.6. The van der Waals surface area contributed by atoms with E-state index < -0.39 is 44.1 Å². The number of ether oxygens (including phenoxy) is 4. The van der Waals surface area contributed by atoms with Gasteiger partial charge in [-0.15, -0.1) is 13.2 Å². The minimum absolute atomic E-state index is 0.0575. The Morgan fingerprint density at radius 2 is 1.72 bits per heavy atom. The van der Waals surface area contributed by atoms with Crippen molar-refractivity contribution in [1.82, 2.24) is 4.72 Å². The first kappa shape index (κ1) is 40.5. The lowest BCUT2D eigenvalue weighted by molar-refractivity contribution is -0.186. The monoisotopic (exact) mass is 768 g/mol. The van der Waals surface area contributed by atoms with Crippen molar-refractivity contribution in [1.29, 1.82) is 0 Å². The largest absolute Gasteiger partial charge is 0.490 e. The highest BCUT2D eigenvalue weighted by molar-refractivity contribution is 7.90. The molecule has 2 aliphatic carbocycles. The third kappa shape index (κ3) is 8.53. The van der Waals surface area contributed by atoms with Gasteiger partial charge >= 0.3 is 5.97 Å². The first-order chi connectivity index (χ1) is 24.9. The number of carbonyl (C=O) groups excluding carboxylic acids is 2. The van der Waals surface area contributed by atoms with Crippen molar-refractivity contribution in [2.24, 2.45) is 11.8 Å². The number of sulfonamides is 1. The number of nitrogens with one attached hydrogen (secondary N) is 1. The molecule has 0 aromatic heterocycles. The van der Waals surface area contributed by atoms with Crippen LogP contribution in [0.4, 0.5) is 5.69 Å². The summed E-state index contributed by atoms with van der Waals surface area (Å²) < 4.78 is 53.7. The minimum atomic E-state index is -4.31. The number of aryl methyl sites for hydroxylation is 1. The molecule has 1 fully saturated rings. The number of carbonyl (C=O) groups is 2. The van der Waals surface area contributed by atoms with Crippen LogP contribution in [0.1, 0.15) is 71.4 Å².